The highest BCUT2D eigenvalue weighted by atomic mass is 19.1. The molecular formula is C19H17F2N3O4. The molecule has 0 saturated carbocycles. The van der Waals surface area contributed by atoms with Crippen LogP contribution in [0.5, 0.6) is 11.5 Å². The van der Waals surface area contributed by atoms with Crippen LogP contribution in [0.4, 0.5) is 8.78 Å². The zero-order valence-electron chi connectivity index (χ0n) is 15.2. The van der Waals surface area contributed by atoms with Crippen molar-refractivity contribution in [1.82, 2.24) is 15.4 Å². The van der Waals surface area contributed by atoms with E-state index >= 15 is 0 Å². The fourth-order valence-electron chi connectivity index (χ4n) is 2.56. The molecule has 28 heavy (non-hydrogen) atoms. The summed E-state index contributed by atoms with van der Waals surface area (Å²) < 4.78 is 42.5. The molecule has 0 atom stereocenters. The number of benzene rings is 2. The number of nitrogens with zero attached hydrogens (tertiary/aromatic N) is 2. The number of carbonyl (C=O) groups excluding carboxylic acids is 1. The number of aromatic nitrogens is 3. The van der Waals surface area contributed by atoms with Crippen LogP contribution in [0.1, 0.15) is 23.0 Å². The maximum atomic E-state index is 13.8. The second kappa shape index (κ2) is 8.47. The van der Waals surface area contributed by atoms with Gasteiger partial charge in [-0.3, -0.25) is 0 Å². The Morgan fingerprint density at radius 2 is 1.89 bits per heavy atom. The van der Waals surface area contributed by atoms with Crippen molar-refractivity contribution in [3.8, 4) is 22.8 Å². The van der Waals surface area contributed by atoms with Gasteiger partial charge in [0.15, 0.2) is 17.3 Å². The Morgan fingerprint density at radius 1 is 1.11 bits per heavy atom. The lowest BCUT2D eigenvalue weighted by Crippen LogP contribution is -2.07. The summed E-state index contributed by atoms with van der Waals surface area (Å²) in [6, 6.07) is 8.09. The predicted octanol–water partition coefficient (Wildman–Crippen LogP) is 3.51. The minimum atomic E-state index is -0.809. The molecule has 0 radical (unpaired) electrons. The molecule has 0 saturated heterocycles. The number of halogens is 2. The summed E-state index contributed by atoms with van der Waals surface area (Å²) in [4.78, 5) is 12.0. The first-order valence-corrected chi connectivity index (χ1v) is 8.36. The highest BCUT2D eigenvalue weighted by molar-refractivity contribution is 5.94. The zero-order chi connectivity index (χ0) is 20.1. The normalized spacial score (nSPS) is 10.6. The third kappa shape index (κ3) is 4.08. The molecule has 0 fully saturated rings. The van der Waals surface area contributed by atoms with Crippen LogP contribution in [0.25, 0.3) is 11.3 Å². The third-order valence-corrected chi connectivity index (χ3v) is 3.85. The van der Waals surface area contributed by atoms with E-state index in [-0.39, 0.29) is 24.7 Å². The van der Waals surface area contributed by atoms with Gasteiger partial charge in [-0.15, -0.1) is 5.10 Å². The summed E-state index contributed by atoms with van der Waals surface area (Å²) in [5.74, 6) is -1.71. The van der Waals surface area contributed by atoms with Gasteiger partial charge in [0.05, 0.1) is 13.7 Å². The molecule has 7 nitrogen and oxygen atoms in total. The van der Waals surface area contributed by atoms with Crippen molar-refractivity contribution in [2.75, 3.05) is 13.7 Å². The summed E-state index contributed by atoms with van der Waals surface area (Å²) in [6.45, 7) is 1.84. The quantitative estimate of drug-likeness (QED) is 0.623. The van der Waals surface area contributed by atoms with E-state index in [1.807, 2.05) is 0 Å². The Balaban J connectivity index is 1.89. The average Bonchev–Trinajstić information content (AvgIpc) is 3.17. The lowest BCUT2D eigenvalue weighted by atomic mass is 10.1. The lowest BCUT2D eigenvalue weighted by Gasteiger charge is -2.12. The first kappa shape index (κ1) is 19.3. The number of hydrogen-bond acceptors (Lipinski definition) is 6. The molecule has 2 aromatic carbocycles. The molecule has 1 N–H and O–H groups in total. The Kier molecular flexibility index (Phi) is 5.83. The second-order valence-corrected chi connectivity index (χ2v) is 5.63. The Labute approximate surface area is 159 Å². The number of esters is 1. The number of rotatable bonds is 7. The number of carbonyl (C=O) groups is 1. The number of hydrogen-bond donors (Lipinski definition) is 1. The Bertz CT molecular complexity index is 991. The molecule has 0 amide bonds. The molecule has 1 aromatic heterocycles. The number of methoxy groups -OCH3 is 1. The van der Waals surface area contributed by atoms with E-state index in [0.717, 1.165) is 12.1 Å². The van der Waals surface area contributed by atoms with Gasteiger partial charge in [0.1, 0.15) is 23.9 Å². The smallest absolute Gasteiger partial charge is 0.361 e. The van der Waals surface area contributed by atoms with E-state index in [2.05, 4.69) is 15.4 Å². The van der Waals surface area contributed by atoms with E-state index in [9.17, 15) is 13.6 Å². The SMILES string of the molecule is CCOC(=O)c1n[nH]nc1-c1ccc(OC)c(COc2ccc(F)cc2F)c1. The van der Waals surface area contributed by atoms with Gasteiger partial charge in [0.25, 0.3) is 0 Å². The lowest BCUT2D eigenvalue weighted by molar-refractivity contribution is 0.0520. The van der Waals surface area contributed by atoms with Crippen molar-refractivity contribution >= 4 is 5.97 Å². The summed E-state index contributed by atoms with van der Waals surface area (Å²) in [5, 5.41) is 10.3. The van der Waals surface area contributed by atoms with Crippen LogP contribution in [0.3, 0.4) is 0 Å². The summed E-state index contributed by atoms with van der Waals surface area (Å²) in [5.41, 5.74) is 1.48. The molecule has 0 aliphatic heterocycles. The molecule has 146 valence electrons. The van der Waals surface area contributed by atoms with E-state index in [0.29, 0.717) is 22.6 Å². The van der Waals surface area contributed by atoms with Gasteiger partial charge >= 0.3 is 5.97 Å². The molecule has 1 heterocycles. The van der Waals surface area contributed by atoms with Crippen molar-refractivity contribution in [2.24, 2.45) is 0 Å². The minimum absolute atomic E-state index is 0.0449. The van der Waals surface area contributed by atoms with Crippen LogP contribution in [0, 0.1) is 11.6 Å². The first-order chi connectivity index (χ1) is 13.5. The largest absolute Gasteiger partial charge is 0.496 e. The van der Waals surface area contributed by atoms with Gasteiger partial charge < -0.3 is 14.2 Å². The Morgan fingerprint density at radius 3 is 2.61 bits per heavy atom. The van der Waals surface area contributed by atoms with E-state index in [1.54, 1.807) is 25.1 Å². The summed E-state index contributed by atoms with van der Waals surface area (Å²) >= 11 is 0. The van der Waals surface area contributed by atoms with Crippen molar-refractivity contribution < 1.29 is 27.8 Å². The molecule has 0 aliphatic rings. The van der Waals surface area contributed by atoms with Crippen LogP contribution in [-0.2, 0) is 11.3 Å². The highest BCUT2D eigenvalue weighted by Gasteiger charge is 2.20. The zero-order valence-corrected chi connectivity index (χ0v) is 15.2. The van der Waals surface area contributed by atoms with Crippen molar-refractivity contribution in [3.05, 3.63) is 59.3 Å². The van der Waals surface area contributed by atoms with Gasteiger partial charge in [0.2, 0.25) is 0 Å². The van der Waals surface area contributed by atoms with Crippen LogP contribution in [-0.4, -0.2) is 35.1 Å². The van der Waals surface area contributed by atoms with Gasteiger partial charge in [0, 0.05) is 17.2 Å². The van der Waals surface area contributed by atoms with Crippen LogP contribution >= 0.6 is 0 Å². The van der Waals surface area contributed by atoms with Gasteiger partial charge in [-0.2, -0.15) is 10.3 Å². The van der Waals surface area contributed by atoms with Crippen LogP contribution < -0.4 is 9.47 Å². The fourth-order valence-corrected chi connectivity index (χ4v) is 2.56. The second-order valence-electron chi connectivity index (χ2n) is 5.63. The molecule has 0 unspecified atom stereocenters. The molecule has 3 aromatic rings. The monoisotopic (exact) mass is 389 g/mol. The number of H-pyrrole nitrogens is 1. The van der Waals surface area contributed by atoms with Crippen LogP contribution in [0.2, 0.25) is 0 Å². The standard InChI is InChI=1S/C19H17F2N3O4/c1-3-27-19(25)18-17(22-24-23-18)11-4-6-15(26-2)12(8-11)10-28-16-7-5-13(20)9-14(16)21/h4-9H,3,10H2,1-2H3,(H,22,23,24). The maximum absolute atomic E-state index is 13.8. The van der Waals surface area contributed by atoms with Crippen molar-refractivity contribution in [1.29, 1.82) is 0 Å². The molecule has 9 heteroatoms. The van der Waals surface area contributed by atoms with Gasteiger partial charge in [-0.25, -0.2) is 13.6 Å². The van der Waals surface area contributed by atoms with Gasteiger partial charge in [-0.05, 0) is 37.3 Å². The minimum Gasteiger partial charge on any atom is -0.496 e. The van der Waals surface area contributed by atoms with Gasteiger partial charge in [-0.1, -0.05) is 0 Å². The van der Waals surface area contributed by atoms with E-state index in [1.165, 1.54) is 13.2 Å². The summed E-state index contributed by atoms with van der Waals surface area (Å²) in [7, 11) is 1.48. The third-order valence-electron chi connectivity index (χ3n) is 3.85. The average molecular weight is 389 g/mol. The topological polar surface area (TPSA) is 86.3 Å². The maximum Gasteiger partial charge on any atom is 0.361 e. The number of ether oxygens (including phenoxy) is 3. The number of nitrogens with one attached hydrogen (secondary N) is 1. The van der Waals surface area contributed by atoms with E-state index in [4.69, 9.17) is 14.2 Å². The molecule has 0 spiro atoms. The molecule has 0 bridgehead atoms. The van der Waals surface area contributed by atoms with Crippen LogP contribution in [0.15, 0.2) is 36.4 Å². The first-order valence-electron chi connectivity index (χ1n) is 8.36. The summed E-state index contributed by atoms with van der Waals surface area (Å²) in [6.07, 6.45) is 0. The van der Waals surface area contributed by atoms with Crippen molar-refractivity contribution in [2.45, 2.75) is 13.5 Å². The predicted molar refractivity (Wildman–Crippen MR) is 95.0 cm³/mol. The Hall–Kier alpha value is -3.49. The highest BCUT2D eigenvalue weighted by Crippen LogP contribution is 2.29. The molecule has 3 rings (SSSR count). The fraction of sp³-hybridized carbons (Fsp3) is 0.211. The number of aromatic amines is 1. The van der Waals surface area contributed by atoms with Crippen molar-refractivity contribution in [3.63, 3.8) is 0 Å². The molecule has 0 aliphatic carbocycles. The van der Waals surface area contributed by atoms with E-state index < -0.39 is 17.6 Å². The molecular weight excluding hydrogens is 372 g/mol.